The number of rotatable bonds is 4. The number of para-hydroxylation sites is 2. The van der Waals surface area contributed by atoms with Crippen LogP contribution in [0.25, 0.3) is 22.6 Å². The van der Waals surface area contributed by atoms with Gasteiger partial charge in [-0.05, 0) is 60.1 Å². The first kappa shape index (κ1) is 14.1. The van der Waals surface area contributed by atoms with Crippen molar-refractivity contribution in [1.29, 1.82) is 0 Å². The molecule has 1 aromatic heterocycles. The highest BCUT2D eigenvalue weighted by molar-refractivity contribution is 9.10. The van der Waals surface area contributed by atoms with Crippen LogP contribution < -0.4 is 4.90 Å². The van der Waals surface area contributed by atoms with Crippen molar-refractivity contribution in [3.8, 4) is 11.5 Å². The lowest BCUT2D eigenvalue weighted by atomic mass is 10.2. The van der Waals surface area contributed by atoms with Crippen molar-refractivity contribution < 1.29 is 4.42 Å². The molecule has 0 fully saturated rings. The molecule has 0 aliphatic carbocycles. The van der Waals surface area contributed by atoms with Gasteiger partial charge in [0.1, 0.15) is 5.52 Å². The van der Waals surface area contributed by atoms with E-state index in [4.69, 9.17) is 4.42 Å². The minimum absolute atomic E-state index is 0.656. The predicted molar refractivity (Wildman–Crippen MR) is 90.7 cm³/mol. The number of hydrogen-bond acceptors (Lipinski definition) is 3. The number of anilines is 1. The summed E-state index contributed by atoms with van der Waals surface area (Å²) in [6, 6.07) is 14.1. The zero-order valence-corrected chi connectivity index (χ0v) is 13.7. The van der Waals surface area contributed by atoms with E-state index >= 15 is 0 Å². The van der Waals surface area contributed by atoms with Crippen LogP contribution in [0.3, 0.4) is 0 Å². The van der Waals surface area contributed by atoms with Crippen LogP contribution in [0, 0.1) is 0 Å². The molecule has 3 nitrogen and oxygen atoms in total. The summed E-state index contributed by atoms with van der Waals surface area (Å²) in [6.07, 6.45) is 0. The van der Waals surface area contributed by atoms with Gasteiger partial charge < -0.3 is 9.32 Å². The molecule has 0 atom stereocenters. The molecule has 0 aliphatic heterocycles. The van der Waals surface area contributed by atoms with Gasteiger partial charge in [0.15, 0.2) is 5.58 Å². The summed E-state index contributed by atoms with van der Waals surface area (Å²) in [5.41, 5.74) is 3.88. The second-order valence-corrected chi connectivity index (χ2v) is 5.68. The zero-order chi connectivity index (χ0) is 14.8. The van der Waals surface area contributed by atoms with E-state index < -0.39 is 0 Å². The molecule has 21 heavy (non-hydrogen) atoms. The fourth-order valence-corrected chi connectivity index (χ4v) is 3.09. The van der Waals surface area contributed by atoms with Gasteiger partial charge in [0, 0.05) is 23.1 Å². The number of nitrogens with zero attached hydrogens (tertiary/aromatic N) is 2. The maximum Gasteiger partial charge on any atom is 0.227 e. The molecule has 2 aromatic carbocycles. The van der Waals surface area contributed by atoms with Crippen LogP contribution in [-0.4, -0.2) is 18.1 Å². The quantitative estimate of drug-likeness (QED) is 0.658. The van der Waals surface area contributed by atoms with Gasteiger partial charge in [-0.25, -0.2) is 4.98 Å². The van der Waals surface area contributed by atoms with Crippen molar-refractivity contribution in [3.63, 3.8) is 0 Å². The third-order valence-corrected chi connectivity index (χ3v) is 4.23. The maximum absolute atomic E-state index is 5.82. The van der Waals surface area contributed by atoms with Crippen molar-refractivity contribution in [2.45, 2.75) is 13.8 Å². The summed E-state index contributed by atoms with van der Waals surface area (Å²) in [5, 5.41) is 0. The average Bonchev–Trinajstić information content (AvgIpc) is 2.94. The van der Waals surface area contributed by atoms with Gasteiger partial charge in [-0.2, -0.15) is 0 Å². The molecule has 0 bridgehead atoms. The number of fused-ring (bicyclic) bond motifs is 1. The van der Waals surface area contributed by atoms with Gasteiger partial charge in [0.25, 0.3) is 0 Å². The second kappa shape index (κ2) is 5.90. The minimum Gasteiger partial charge on any atom is -0.436 e. The molecule has 0 radical (unpaired) electrons. The highest BCUT2D eigenvalue weighted by Gasteiger charge is 2.12. The normalized spacial score (nSPS) is 11.0. The number of benzene rings is 2. The zero-order valence-electron chi connectivity index (χ0n) is 12.1. The first-order valence-corrected chi connectivity index (χ1v) is 7.92. The Labute approximate surface area is 132 Å². The SMILES string of the molecule is CCN(CC)c1ccc(-c2nc3ccccc3o2)cc1Br. The molecule has 0 saturated heterocycles. The van der Waals surface area contributed by atoms with Crippen LogP contribution in [0.15, 0.2) is 51.4 Å². The molecule has 0 saturated carbocycles. The summed E-state index contributed by atoms with van der Waals surface area (Å²) in [5.74, 6) is 0.656. The Kier molecular flexibility index (Phi) is 3.97. The molecular weight excluding hydrogens is 328 g/mol. The van der Waals surface area contributed by atoms with E-state index in [2.05, 4.69) is 57.9 Å². The van der Waals surface area contributed by atoms with Crippen molar-refractivity contribution in [1.82, 2.24) is 4.98 Å². The van der Waals surface area contributed by atoms with Crippen LogP contribution in [-0.2, 0) is 0 Å². The van der Waals surface area contributed by atoms with Gasteiger partial charge in [-0.15, -0.1) is 0 Å². The van der Waals surface area contributed by atoms with E-state index in [9.17, 15) is 0 Å². The molecule has 0 amide bonds. The lowest BCUT2D eigenvalue weighted by molar-refractivity contribution is 0.620. The van der Waals surface area contributed by atoms with Gasteiger partial charge in [-0.1, -0.05) is 12.1 Å². The van der Waals surface area contributed by atoms with E-state index in [1.807, 2.05) is 24.3 Å². The number of oxazole rings is 1. The van der Waals surface area contributed by atoms with Gasteiger partial charge in [-0.3, -0.25) is 0 Å². The molecule has 0 N–H and O–H groups in total. The Morgan fingerprint density at radius 1 is 1.10 bits per heavy atom. The Morgan fingerprint density at radius 2 is 1.86 bits per heavy atom. The van der Waals surface area contributed by atoms with E-state index in [1.54, 1.807) is 0 Å². The highest BCUT2D eigenvalue weighted by atomic mass is 79.9. The molecule has 0 spiro atoms. The van der Waals surface area contributed by atoms with Crippen molar-refractivity contribution in [3.05, 3.63) is 46.9 Å². The van der Waals surface area contributed by atoms with Crippen LogP contribution in [0.1, 0.15) is 13.8 Å². The summed E-state index contributed by atoms with van der Waals surface area (Å²) in [4.78, 5) is 6.84. The van der Waals surface area contributed by atoms with Crippen molar-refractivity contribution in [2.24, 2.45) is 0 Å². The van der Waals surface area contributed by atoms with Crippen molar-refractivity contribution in [2.75, 3.05) is 18.0 Å². The van der Waals surface area contributed by atoms with Crippen LogP contribution in [0.5, 0.6) is 0 Å². The number of aromatic nitrogens is 1. The molecular formula is C17H17BrN2O. The van der Waals surface area contributed by atoms with Crippen LogP contribution in [0.2, 0.25) is 0 Å². The third kappa shape index (κ3) is 2.68. The van der Waals surface area contributed by atoms with Crippen LogP contribution in [0.4, 0.5) is 5.69 Å². The summed E-state index contributed by atoms with van der Waals surface area (Å²) < 4.78 is 6.88. The Bertz CT molecular complexity index is 729. The molecule has 108 valence electrons. The summed E-state index contributed by atoms with van der Waals surface area (Å²) in [7, 11) is 0. The molecule has 0 unspecified atom stereocenters. The Morgan fingerprint density at radius 3 is 2.52 bits per heavy atom. The topological polar surface area (TPSA) is 29.3 Å². The molecule has 0 aliphatic rings. The summed E-state index contributed by atoms with van der Waals surface area (Å²) in [6.45, 7) is 6.28. The Hall–Kier alpha value is -1.81. The number of hydrogen-bond donors (Lipinski definition) is 0. The molecule has 4 heteroatoms. The van der Waals surface area contributed by atoms with Gasteiger partial charge >= 0.3 is 0 Å². The van der Waals surface area contributed by atoms with Crippen molar-refractivity contribution >= 4 is 32.7 Å². The summed E-state index contributed by atoms with van der Waals surface area (Å²) >= 11 is 3.66. The largest absolute Gasteiger partial charge is 0.436 e. The van der Waals surface area contributed by atoms with E-state index in [0.717, 1.165) is 34.2 Å². The third-order valence-electron chi connectivity index (χ3n) is 3.59. The average molecular weight is 345 g/mol. The first-order valence-electron chi connectivity index (χ1n) is 7.13. The maximum atomic E-state index is 5.82. The lowest BCUT2D eigenvalue weighted by Gasteiger charge is -2.22. The second-order valence-electron chi connectivity index (χ2n) is 4.83. The van der Waals surface area contributed by atoms with E-state index in [0.29, 0.717) is 5.89 Å². The number of halogens is 1. The fourth-order valence-electron chi connectivity index (χ4n) is 2.46. The molecule has 3 rings (SSSR count). The van der Waals surface area contributed by atoms with Gasteiger partial charge in [0.2, 0.25) is 5.89 Å². The smallest absolute Gasteiger partial charge is 0.227 e. The Balaban J connectivity index is 2.01. The van der Waals surface area contributed by atoms with Crippen LogP contribution >= 0.6 is 15.9 Å². The van der Waals surface area contributed by atoms with Gasteiger partial charge in [0.05, 0.1) is 5.69 Å². The predicted octanol–water partition coefficient (Wildman–Crippen LogP) is 5.10. The molecule has 3 aromatic rings. The fraction of sp³-hybridized carbons (Fsp3) is 0.235. The first-order chi connectivity index (χ1) is 10.2. The monoisotopic (exact) mass is 344 g/mol. The highest BCUT2D eigenvalue weighted by Crippen LogP contribution is 2.32. The lowest BCUT2D eigenvalue weighted by Crippen LogP contribution is -2.22. The standard InChI is InChI=1S/C17H17BrN2O/c1-3-20(4-2)15-10-9-12(11-13(15)18)17-19-14-7-5-6-8-16(14)21-17/h5-11H,3-4H2,1-2H3. The van der Waals surface area contributed by atoms with E-state index in [-0.39, 0.29) is 0 Å². The minimum atomic E-state index is 0.656. The van der Waals surface area contributed by atoms with E-state index in [1.165, 1.54) is 5.69 Å². The molecule has 1 heterocycles.